The van der Waals surface area contributed by atoms with Crippen LogP contribution in [0.4, 0.5) is 5.13 Å². The Morgan fingerprint density at radius 3 is 2.46 bits per heavy atom. The molecule has 0 aromatic carbocycles. The van der Waals surface area contributed by atoms with Crippen molar-refractivity contribution in [1.29, 1.82) is 0 Å². The number of aromatic nitrogens is 1. The molecule has 0 unspecified atom stereocenters. The molecule has 1 aromatic rings. The van der Waals surface area contributed by atoms with Crippen LogP contribution < -0.4 is 10.6 Å². The fraction of sp³-hybridized carbons (Fsp3) is 0.737. The molecule has 2 amide bonds. The maximum atomic E-state index is 13.0. The Morgan fingerprint density at radius 2 is 1.85 bits per heavy atom. The van der Waals surface area contributed by atoms with E-state index in [0.29, 0.717) is 37.9 Å². The molecule has 1 aliphatic heterocycles. The third-order valence-electron chi connectivity index (χ3n) is 6.01. The lowest BCUT2D eigenvalue weighted by Gasteiger charge is -2.42. The molecular formula is C19H28N4O2S. The largest absolute Gasteiger partial charge is 0.351 e. The molecule has 26 heavy (non-hydrogen) atoms. The number of amides is 2. The molecule has 4 rings (SSSR count). The molecule has 7 heteroatoms. The first-order valence-corrected chi connectivity index (χ1v) is 10.8. The normalized spacial score (nSPS) is 23.5. The Hall–Kier alpha value is -1.63. The molecule has 2 N–H and O–H groups in total. The van der Waals surface area contributed by atoms with Crippen LogP contribution in [-0.2, 0) is 9.59 Å². The zero-order valence-electron chi connectivity index (χ0n) is 15.2. The second-order valence-electron chi connectivity index (χ2n) is 7.95. The van der Waals surface area contributed by atoms with Gasteiger partial charge in [0.2, 0.25) is 11.8 Å². The van der Waals surface area contributed by atoms with E-state index in [4.69, 9.17) is 0 Å². The predicted octanol–water partition coefficient (Wildman–Crippen LogP) is 2.78. The van der Waals surface area contributed by atoms with Crippen LogP contribution in [0.15, 0.2) is 11.6 Å². The molecule has 3 fully saturated rings. The molecule has 2 aliphatic carbocycles. The number of carbonyl (C=O) groups excluding carboxylic acids is 2. The quantitative estimate of drug-likeness (QED) is 0.829. The lowest BCUT2D eigenvalue weighted by Crippen LogP contribution is -2.59. The molecule has 6 nitrogen and oxygen atoms in total. The Morgan fingerprint density at radius 1 is 1.12 bits per heavy atom. The van der Waals surface area contributed by atoms with Crippen molar-refractivity contribution in [2.75, 3.05) is 18.4 Å². The molecule has 1 aromatic heterocycles. The number of piperidine rings is 1. The summed E-state index contributed by atoms with van der Waals surface area (Å²) in [5.41, 5.74) is -0.649. The minimum absolute atomic E-state index is 0.0694. The summed E-state index contributed by atoms with van der Waals surface area (Å²) in [6, 6.07) is 0.333. The Balaban J connectivity index is 1.42. The molecule has 0 atom stereocenters. The first-order valence-electron chi connectivity index (χ1n) is 9.94. The summed E-state index contributed by atoms with van der Waals surface area (Å²) in [7, 11) is 0. The summed E-state index contributed by atoms with van der Waals surface area (Å²) in [6.07, 6.45) is 10.8. The Kier molecular flexibility index (Phi) is 5.16. The third-order valence-corrected chi connectivity index (χ3v) is 6.70. The van der Waals surface area contributed by atoms with Crippen molar-refractivity contribution in [2.24, 2.45) is 5.92 Å². The van der Waals surface area contributed by atoms with Gasteiger partial charge < -0.3 is 15.5 Å². The molecular weight excluding hydrogens is 348 g/mol. The van der Waals surface area contributed by atoms with Gasteiger partial charge in [-0.1, -0.05) is 19.3 Å². The van der Waals surface area contributed by atoms with Crippen molar-refractivity contribution < 1.29 is 9.59 Å². The van der Waals surface area contributed by atoms with Crippen molar-refractivity contribution in [3.63, 3.8) is 0 Å². The van der Waals surface area contributed by atoms with E-state index in [1.807, 2.05) is 10.3 Å². The van der Waals surface area contributed by atoms with Gasteiger partial charge in [0.15, 0.2) is 5.13 Å². The zero-order chi connectivity index (χ0) is 18.0. The van der Waals surface area contributed by atoms with E-state index < -0.39 is 5.54 Å². The highest BCUT2D eigenvalue weighted by Gasteiger charge is 2.45. The van der Waals surface area contributed by atoms with Crippen LogP contribution in [0.2, 0.25) is 0 Å². The summed E-state index contributed by atoms with van der Waals surface area (Å²) in [5.74, 6) is 0.568. The highest BCUT2D eigenvalue weighted by molar-refractivity contribution is 7.13. The van der Waals surface area contributed by atoms with Gasteiger partial charge in [-0.05, 0) is 38.5 Å². The number of hydrogen-bond donors (Lipinski definition) is 2. The second kappa shape index (κ2) is 7.55. The zero-order valence-corrected chi connectivity index (χ0v) is 16.0. The number of likely N-dealkylation sites (tertiary alicyclic amines) is 1. The van der Waals surface area contributed by atoms with Crippen molar-refractivity contribution in [1.82, 2.24) is 15.2 Å². The minimum atomic E-state index is -0.649. The molecule has 0 spiro atoms. The van der Waals surface area contributed by atoms with Gasteiger partial charge in [0.25, 0.3) is 0 Å². The molecule has 0 bridgehead atoms. The first kappa shape index (κ1) is 17.8. The van der Waals surface area contributed by atoms with Gasteiger partial charge in [-0.25, -0.2) is 4.98 Å². The maximum absolute atomic E-state index is 13.0. The number of hydrogen-bond acceptors (Lipinski definition) is 5. The smallest absolute Gasteiger partial charge is 0.246 e. The summed E-state index contributed by atoms with van der Waals surface area (Å²) in [4.78, 5) is 32.1. The van der Waals surface area contributed by atoms with E-state index >= 15 is 0 Å². The maximum Gasteiger partial charge on any atom is 0.246 e. The molecule has 2 heterocycles. The molecule has 2 saturated carbocycles. The van der Waals surface area contributed by atoms with Crippen LogP contribution >= 0.6 is 11.3 Å². The van der Waals surface area contributed by atoms with E-state index in [0.717, 1.165) is 30.8 Å². The molecule has 142 valence electrons. The van der Waals surface area contributed by atoms with Crippen molar-refractivity contribution in [2.45, 2.75) is 69.4 Å². The summed E-state index contributed by atoms with van der Waals surface area (Å²) < 4.78 is 0. The second-order valence-corrected chi connectivity index (χ2v) is 8.85. The lowest BCUT2D eigenvalue weighted by atomic mass is 9.84. The number of nitrogens with one attached hydrogen (secondary N) is 2. The average Bonchev–Trinajstić information content (AvgIpc) is 3.35. The van der Waals surface area contributed by atoms with Gasteiger partial charge in [-0.15, -0.1) is 11.3 Å². The fourth-order valence-electron chi connectivity index (χ4n) is 4.17. The van der Waals surface area contributed by atoms with E-state index in [-0.39, 0.29) is 11.8 Å². The Bertz CT molecular complexity index is 630. The van der Waals surface area contributed by atoms with Gasteiger partial charge in [-0.3, -0.25) is 9.59 Å². The van der Waals surface area contributed by atoms with Gasteiger partial charge in [0, 0.05) is 36.6 Å². The van der Waals surface area contributed by atoms with Crippen LogP contribution in [0.5, 0.6) is 0 Å². The highest BCUT2D eigenvalue weighted by atomic mass is 32.1. The lowest BCUT2D eigenvalue weighted by molar-refractivity contribution is -0.140. The molecule has 0 radical (unpaired) electrons. The number of anilines is 1. The minimum Gasteiger partial charge on any atom is -0.351 e. The number of nitrogens with zero attached hydrogens (tertiary/aromatic N) is 2. The first-order chi connectivity index (χ1) is 12.7. The third kappa shape index (κ3) is 3.87. The average molecular weight is 377 g/mol. The highest BCUT2D eigenvalue weighted by Crippen LogP contribution is 2.32. The summed E-state index contributed by atoms with van der Waals surface area (Å²) in [5, 5.41) is 9.25. The van der Waals surface area contributed by atoms with Crippen molar-refractivity contribution in [3.8, 4) is 0 Å². The van der Waals surface area contributed by atoms with E-state index in [2.05, 4.69) is 15.6 Å². The SMILES string of the molecule is O=C(C1CCCCC1)N1CCC(Nc2nccs2)(C(=O)NC2CC2)CC1. The fourth-order valence-corrected chi connectivity index (χ4v) is 4.79. The Labute approximate surface area is 158 Å². The van der Waals surface area contributed by atoms with E-state index in [1.165, 1.54) is 30.6 Å². The van der Waals surface area contributed by atoms with Gasteiger partial charge >= 0.3 is 0 Å². The number of rotatable bonds is 5. The van der Waals surface area contributed by atoms with Crippen LogP contribution in [0.1, 0.15) is 57.8 Å². The predicted molar refractivity (Wildman–Crippen MR) is 102 cm³/mol. The number of carbonyl (C=O) groups is 2. The van der Waals surface area contributed by atoms with Gasteiger partial charge in [0.05, 0.1) is 0 Å². The topological polar surface area (TPSA) is 74.3 Å². The monoisotopic (exact) mass is 376 g/mol. The van der Waals surface area contributed by atoms with Gasteiger partial charge in [-0.2, -0.15) is 0 Å². The molecule has 3 aliphatic rings. The van der Waals surface area contributed by atoms with Crippen molar-refractivity contribution >= 4 is 28.3 Å². The van der Waals surface area contributed by atoms with Crippen LogP contribution in [0, 0.1) is 5.92 Å². The number of thiazole rings is 1. The van der Waals surface area contributed by atoms with Crippen LogP contribution in [0.3, 0.4) is 0 Å². The van der Waals surface area contributed by atoms with E-state index in [9.17, 15) is 9.59 Å². The van der Waals surface area contributed by atoms with Crippen LogP contribution in [0.25, 0.3) is 0 Å². The standard InChI is InChI=1S/C19H28N4O2S/c24-16(14-4-2-1-3-5-14)23-11-8-19(9-12-23,17(25)21-15-6-7-15)22-18-20-10-13-26-18/h10,13-15H,1-9,11-12H2,(H,20,22)(H,21,25). The van der Waals surface area contributed by atoms with E-state index in [1.54, 1.807) is 6.20 Å². The van der Waals surface area contributed by atoms with Crippen molar-refractivity contribution in [3.05, 3.63) is 11.6 Å². The summed E-state index contributed by atoms with van der Waals surface area (Å²) in [6.45, 7) is 1.29. The van der Waals surface area contributed by atoms with Gasteiger partial charge in [0.1, 0.15) is 5.54 Å². The molecule has 1 saturated heterocycles. The van der Waals surface area contributed by atoms with Crippen LogP contribution in [-0.4, -0.2) is 46.4 Å². The summed E-state index contributed by atoms with van der Waals surface area (Å²) >= 11 is 1.51.